The predicted octanol–water partition coefficient (Wildman–Crippen LogP) is 0.653. The molecule has 1 saturated carbocycles. The lowest BCUT2D eigenvalue weighted by Gasteiger charge is -2.34. The van der Waals surface area contributed by atoms with Crippen LogP contribution in [0.4, 0.5) is 5.69 Å². The first-order valence-corrected chi connectivity index (χ1v) is 7.52. The molecule has 6 heteroatoms. The van der Waals surface area contributed by atoms with Crippen LogP contribution in [0.1, 0.15) is 30.3 Å². The van der Waals surface area contributed by atoms with Crippen molar-refractivity contribution in [3.8, 4) is 0 Å². The highest BCUT2D eigenvalue weighted by atomic mass is 16.2. The van der Waals surface area contributed by atoms with Crippen molar-refractivity contribution in [2.24, 2.45) is 5.92 Å². The molecule has 0 unspecified atom stereocenters. The summed E-state index contributed by atoms with van der Waals surface area (Å²) in [6.45, 7) is 7.42. The highest BCUT2D eigenvalue weighted by Gasteiger charge is 2.29. The van der Waals surface area contributed by atoms with Gasteiger partial charge in [-0.3, -0.25) is 14.4 Å². The number of carbonyl (C=O) groups excluding carboxylic acids is 1. The Hall–Kier alpha value is -1.56. The van der Waals surface area contributed by atoms with Gasteiger partial charge < -0.3 is 10.6 Å². The number of nitrogen functional groups attached to an aromatic ring is 1. The highest BCUT2D eigenvalue weighted by molar-refractivity contribution is 5.97. The second-order valence-corrected chi connectivity index (χ2v) is 5.82. The van der Waals surface area contributed by atoms with Gasteiger partial charge in [-0.05, 0) is 25.7 Å². The van der Waals surface area contributed by atoms with Crippen LogP contribution in [-0.4, -0.2) is 58.2 Å². The van der Waals surface area contributed by atoms with E-state index in [1.807, 2.05) is 11.8 Å². The van der Waals surface area contributed by atoms with Gasteiger partial charge in [0.2, 0.25) is 0 Å². The fourth-order valence-corrected chi connectivity index (χ4v) is 2.71. The van der Waals surface area contributed by atoms with Gasteiger partial charge in [0.05, 0.1) is 5.69 Å². The lowest BCUT2D eigenvalue weighted by Crippen LogP contribution is -2.49. The van der Waals surface area contributed by atoms with Gasteiger partial charge in [0.25, 0.3) is 5.91 Å². The Morgan fingerprint density at radius 3 is 2.60 bits per heavy atom. The molecule has 6 nitrogen and oxygen atoms in total. The van der Waals surface area contributed by atoms with Gasteiger partial charge in [-0.15, -0.1) is 0 Å². The van der Waals surface area contributed by atoms with Crippen LogP contribution >= 0.6 is 0 Å². The molecule has 1 aliphatic carbocycles. The quantitative estimate of drug-likeness (QED) is 0.877. The van der Waals surface area contributed by atoms with E-state index in [1.54, 1.807) is 10.9 Å². The smallest absolute Gasteiger partial charge is 0.276 e. The third kappa shape index (κ3) is 2.80. The third-order valence-electron chi connectivity index (χ3n) is 4.19. The zero-order chi connectivity index (χ0) is 14.1. The molecule has 3 rings (SSSR count). The zero-order valence-electron chi connectivity index (χ0n) is 12.1. The highest BCUT2D eigenvalue weighted by Crippen LogP contribution is 2.30. The number of nitrogens with two attached hydrogens (primary N) is 1. The maximum absolute atomic E-state index is 12.4. The number of rotatable bonds is 4. The number of aryl methyl sites for hydroxylation is 1. The minimum Gasteiger partial charge on any atom is -0.396 e. The minimum atomic E-state index is -0.0271. The summed E-state index contributed by atoms with van der Waals surface area (Å²) in [6, 6.07) is 0. The Kier molecular flexibility index (Phi) is 3.65. The van der Waals surface area contributed by atoms with Gasteiger partial charge in [0.15, 0.2) is 5.69 Å². The van der Waals surface area contributed by atoms with Crippen molar-refractivity contribution in [3.05, 3.63) is 11.9 Å². The molecule has 110 valence electrons. The SMILES string of the molecule is CCn1cc(N)c(C(=O)N2CCN(CC3CC3)CC2)n1. The topological polar surface area (TPSA) is 67.4 Å². The van der Waals surface area contributed by atoms with Crippen molar-refractivity contribution in [2.45, 2.75) is 26.3 Å². The number of hydrogen-bond acceptors (Lipinski definition) is 4. The van der Waals surface area contributed by atoms with Crippen molar-refractivity contribution in [1.82, 2.24) is 19.6 Å². The summed E-state index contributed by atoms with van der Waals surface area (Å²) in [6.07, 6.45) is 4.49. The Morgan fingerprint density at radius 1 is 1.35 bits per heavy atom. The molecule has 0 atom stereocenters. The molecule has 2 aliphatic rings. The summed E-state index contributed by atoms with van der Waals surface area (Å²) in [5.41, 5.74) is 6.77. The van der Waals surface area contributed by atoms with Crippen molar-refractivity contribution in [3.63, 3.8) is 0 Å². The number of amides is 1. The van der Waals surface area contributed by atoms with Crippen LogP contribution in [0.2, 0.25) is 0 Å². The number of carbonyl (C=O) groups is 1. The molecule has 1 aromatic heterocycles. The molecular formula is C14H23N5O. The average Bonchev–Trinajstić information content (AvgIpc) is 3.19. The second-order valence-electron chi connectivity index (χ2n) is 5.82. The standard InChI is InChI=1S/C14H23N5O/c1-2-19-10-12(15)13(16-19)14(20)18-7-5-17(6-8-18)9-11-3-4-11/h10-11H,2-9,15H2,1H3. The van der Waals surface area contributed by atoms with Crippen molar-refractivity contribution in [2.75, 3.05) is 38.5 Å². The molecule has 0 aromatic carbocycles. The summed E-state index contributed by atoms with van der Waals surface area (Å²) in [5, 5.41) is 4.27. The molecule has 1 saturated heterocycles. The van der Waals surface area contributed by atoms with E-state index < -0.39 is 0 Å². The number of nitrogens with zero attached hydrogens (tertiary/aromatic N) is 4. The monoisotopic (exact) mass is 277 g/mol. The molecule has 2 N–H and O–H groups in total. The summed E-state index contributed by atoms with van der Waals surface area (Å²) in [5.74, 6) is 0.883. The van der Waals surface area contributed by atoms with Gasteiger partial charge in [0.1, 0.15) is 0 Å². The van der Waals surface area contributed by atoms with Crippen molar-refractivity contribution in [1.29, 1.82) is 0 Å². The second kappa shape index (κ2) is 5.44. The van der Waals surface area contributed by atoms with Crippen LogP contribution in [0, 0.1) is 5.92 Å². The van der Waals surface area contributed by atoms with E-state index in [2.05, 4.69) is 10.00 Å². The van der Waals surface area contributed by atoms with Crippen LogP contribution < -0.4 is 5.73 Å². The molecular weight excluding hydrogens is 254 g/mol. The van der Waals surface area contributed by atoms with Gasteiger partial charge in [-0.25, -0.2) is 0 Å². The van der Waals surface area contributed by atoms with E-state index in [0.29, 0.717) is 11.4 Å². The molecule has 0 spiro atoms. The fourth-order valence-electron chi connectivity index (χ4n) is 2.71. The van der Waals surface area contributed by atoms with Gasteiger partial charge in [-0.1, -0.05) is 0 Å². The number of hydrogen-bond donors (Lipinski definition) is 1. The molecule has 1 aromatic rings. The van der Waals surface area contributed by atoms with Crippen LogP contribution in [-0.2, 0) is 6.54 Å². The van der Waals surface area contributed by atoms with E-state index in [9.17, 15) is 4.79 Å². The Labute approximate surface area is 119 Å². The minimum absolute atomic E-state index is 0.0271. The molecule has 2 heterocycles. The molecule has 0 bridgehead atoms. The summed E-state index contributed by atoms with van der Waals surface area (Å²) < 4.78 is 1.71. The summed E-state index contributed by atoms with van der Waals surface area (Å²) in [4.78, 5) is 16.8. The first kappa shape index (κ1) is 13.4. The van der Waals surface area contributed by atoms with Crippen LogP contribution in [0.3, 0.4) is 0 Å². The normalized spacial score (nSPS) is 20.4. The van der Waals surface area contributed by atoms with Crippen LogP contribution in [0.5, 0.6) is 0 Å². The van der Waals surface area contributed by atoms with Gasteiger partial charge in [-0.2, -0.15) is 5.10 Å². The largest absolute Gasteiger partial charge is 0.396 e. The number of aromatic nitrogens is 2. The maximum atomic E-state index is 12.4. The molecule has 0 radical (unpaired) electrons. The van der Waals surface area contributed by atoms with E-state index in [1.165, 1.54) is 19.4 Å². The average molecular weight is 277 g/mol. The van der Waals surface area contributed by atoms with E-state index in [-0.39, 0.29) is 5.91 Å². The Bertz CT molecular complexity index is 486. The maximum Gasteiger partial charge on any atom is 0.276 e. The fraction of sp³-hybridized carbons (Fsp3) is 0.714. The Morgan fingerprint density at radius 2 is 2.05 bits per heavy atom. The van der Waals surface area contributed by atoms with E-state index in [0.717, 1.165) is 38.6 Å². The third-order valence-corrected chi connectivity index (χ3v) is 4.19. The summed E-state index contributed by atoms with van der Waals surface area (Å²) in [7, 11) is 0. The lowest BCUT2D eigenvalue weighted by molar-refractivity contribution is 0.0626. The molecule has 1 aliphatic heterocycles. The summed E-state index contributed by atoms with van der Waals surface area (Å²) >= 11 is 0. The first-order chi connectivity index (χ1) is 9.67. The van der Waals surface area contributed by atoms with Gasteiger partial charge >= 0.3 is 0 Å². The number of anilines is 1. The van der Waals surface area contributed by atoms with Gasteiger partial charge in [0, 0.05) is 45.5 Å². The van der Waals surface area contributed by atoms with E-state index in [4.69, 9.17) is 5.73 Å². The Balaban J connectivity index is 1.58. The first-order valence-electron chi connectivity index (χ1n) is 7.52. The zero-order valence-corrected chi connectivity index (χ0v) is 12.1. The van der Waals surface area contributed by atoms with Crippen LogP contribution in [0.25, 0.3) is 0 Å². The molecule has 20 heavy (non-hydrogen) atoms. The molecule has 2 fully saturated rings. The number of piperazine rings is 1. The van der Waals surface area contributed by atoms with Crippen LogP contribution in [0.15, 0.2) is 6.20 Å². The predicted molar refractivity (Wildman–Crippen MR) is 77.4 cm³/mol. The van der Waals surface area contributed by atoms with E-state index >= 15 is 0 Å². The van der Waals surface area contributed by atoms with Crippen molar-refractivity contribution < 1.29 is 4.79 Å². The van der Waals surface area contributed by atoms with Crippen molar-refractivity contribution >= 4 is 11.6 Å². The molecule has 1 amide bonds. The lowest BCUT2D eigenvalue weighted by atomic mass is 10.2.